The maximum absolute atomic E-state index is 5.68. The Kier molecular flexibility index (Phi) is 3.46. The predicted molar refractivity (Wildman–Crippen MR) is 64.8 cm³/mol. The molecule has 0 unspecified atom stereocenters. The van der Waals surface area contributed by atoms with Crippen LogP contribution in [0.4, 0.5) is 0 Å². The van der Waals surface area contributed by atoms with Gasteiger partial charge in [-0.15, -0.1) is 0 Å². The first-order valence-corrected chi connectivity index (χ1v) is 5.86. The summed E-state index contributed by atoms with van der Waals surface area (Å²) in [6.45, 7) is 7.69. The molecule has 0 bridgehead atoms. The molecule has 0 fully saturated rings. The van der Waals surface area contributed by atoms with Crippen molar-refractivity contribution in [1.29, 1.82) is 0 Å². The van der Waals surface area contributed by atoms with Gasteiger partial charge in [0.25, 0.3) is 0 Å². The number of aromatic nitrogens is 4. The second-order valence-electron chi connectivity index (χ2n) is 4.21. The van der Waals surface area contributed by atoms with E-state index in [1.54, 1.807) is 6.20 Å². The van der Waals surface area contributed by atoms with Gasteiger partial charge in [0.05, 0.1) is 30.6 Å². The average molecular weight is 234 g/mol. The van der Waals surface area contributed by atoms with Crippen molar-refractivity contribution in [2.75, 3.05) is 0 Å². The van der Waals surface area contributed by atoms with Crippen LogP contribution in [-0.4, -0.2) is 19.3 Å². The minimum Gasteiger partial charge on any atom is -0.484 e. The van der Waals surface area contributed by atoms with Gasteiger partial charge >= 0.3 is 0 Å². The monoisotopic (exact) mass is 234 g/mol. The van der Waals surface area contributed by atoms with Crippen LogP contribution in [0.1, 0.15) is 32.5 Å². The molecule has 0 aliphatic carbocycles. The lowest BCUT2D eigenvalue weighted by atomic mass is 10.4. The van der Waals surface area contributed by atoms with E-state index in [1.807, 2.05) is 23.4 Å². The molecule has 0 aliphatic rings. The molecule has 2 rings (SSSR count). The Morgan fingerprint density at radius 2 is 2.18 bits per heavy atom. The number of hydrogen-bond acceptors (Lipinski definition) is 3. The number of aryl methyl sites for hydroxylation is 1. The SMILES string of the molecule is CCn1cncc1COc1cnn(C(C)C)c1. The molecule has 0 saturated heterocycles. The van der Waals surface area contributed by atoms with Crippen LogP contribution in [0.2, 0.25) is 0 Å². The van der Waals surface area contributed by atoms with Crippen LogP contribution < -0.4 is 4.74 Å². The van der Waals surface area contributed by atoms with Crippen LogP contribution in [0.3, 0.4) is 0 Å². The van der Waals surface area contributed by atoms with Gasteiger partial charge in [-0.25, -0.2) is 4.98 Å². The summed E-state index contributed by atoms with van der Waals surface area (Å²) in [5, 5.41) is 4.23. The first-order valence-electron chi connectivity index (χ1n) is 5.86. The first kappa shape index (κ1) is 11.7. The Morgan fingerprint density at radius 3 is 2.82 bits per heavy atom. The van der Waals surface area contributed by atoms with E-state index >= 15 is 0 Å². The summed E-state index contributed by atoms with van der Waals surface area (Å²) < 4.78 is 9.62. The molecule has 5 nitrogen and oxygen atoms in total. The molecular weight excluding hydrogens is 216 g/mol. The molecule has 5 heteroatoms. The van der Waals surface area contributed by atoms with E-state index in [1.165, 1.54) is 0 Å². The average Bonchev–Trinajstić information content (AvgIpc) is 2.95. The third-order valence-corrected chi connectivity index (χ3v) is 2.63. The highest BCUT2D eigenvalue weighted by atomic mass is 16.5. The van der Waals surface area contributed by atoms with Gasteiger partial charge in [0.15, 0.2) is 5.75 Å². The van der Waals surface area contributed by atoms with Gasteiger partial charge in [-0.1, -0.05) is 0 Å². The third kappa shape index (κ3) is 2.67. The molecule has 0 amide bonds. The summed E-state index contributed by atoms with van der Waals surface area (Å²) in [4.78, 5) is 4.10. The zero-order valence-corrected chi connectivity index (χ0v) is 10.5. The predicted octanol–water partition coefficient (Wildman–Crippen LogP) is 2.26. The minimum atomic E-state index is 0.355. The van der Waals surface area contributed by atoms with E-state index in [0.29, 0.717) is 12.6 Å². The molecule has 2 heterocycles. The van der Waals surface area contributed by atoms with Crippen molar-refractivity contribution in [3.63, 3.8) is 0 Å². The normalized spacial score (nSPS) is 11.1. The van der Waals surface area contributed by atoms with E-state index in [9.17, 15) is 0 Å². The maximum Gasteiger partial charge on any atom is 0.157 e. The highest BCUT2D eigenvalue weighted by Crippen LogP contribution is 2.14. The van der Waals surface area contributed by atoms with Crippen molar-refractivity contribution >= 4 is 0 Å². The number of rotatable bonds is 5. The van der Waals surface area contributed by atoms with Gasteiger partial charge in [0.1, 0.15) is 6.61 Å². The van der Waals surface area contributed by atoms with Gasteiger partial charge < -0.3 is 9.30 Å². The third-order valence-electron chi connectivity index (χ3n) is 2.63. The summed E-state index contributed by atoms with van der Waals surface area (Å²) in [5.41, 5.74) is 1.07. The molecule has 2 aromatic rings. The standard InChI is InChI=1S/C12H18N4O/c1-4-15-9-13-5-11(15)8-17-12-6-14-16(7-12)10(2)3/h5-7,9-10H,4,8H2,1-3H3. The molecule has 17 heavy (non-hydrogen) atoms. The Bertz CT molecular complexity index is 472. The fourth-order valence-electron chi connectivity index (χ4n) is 1.59. The van der Waals surface area contributed by atoms with Crippen LogP contribution in [0, 0.1) is 0 Å². The summed E-state index contributed by atoms with van der Waals surface area (Å²) in [7, 11) is 0. The lowest BCUT2D eigenvalue weighted by molar-refractivity contribution is 0.294. The van der Waals surface area contributed by atoms with Gasteiger partial charge in [-0.3, -0.25) is 4.68 Å². The van der Waals surface area contributed by atoms with Crippen molar-refractivity contribution in [3.05, 3.63) is 30.6 Å². The van der Waals surface area contributed by atoms with Crippen LogP contribution in [0.25, 0.3) is 0 Å². The van der Waals surface area contributed by atoms with Crippen molar-refractivity contribution in [1.82, 2.24) is 19.3 Å². The highest BCUT2D eigenvalue weighted by molar-refractivity contribution is 5.13. The Labute approximate surface area is 101 Å². The summed E-state index contributed by atoms with van der Waals surface area (Å²) in [5.74, 6) is 0.794. The van der Waals surface area contributed by atoms with Gasteiger partial charge in [-0.05, 0) is 20.8 Å². The van der Waals surface area contributed by atoms with E-state index in [0.717, 1.165) is 18.0 Å². The molecule has 0 N–H and O–H groups in total. The van der Waals surface area contributed by atoms with Crippen LogP contribution in [-0.2, 0) is 13.2 Å². The number of ether oxygens (including phenoxy) is 1. The van der Waals surface area contributed by atoms with Crippen molar-refractivity contribution in [3.8, 4) is 5.75 Å². The second kappa shape index (κ2) is 5.03. The summed E-state index contributed by atoms with van der Waals surface area (Å²) in [6, 6.07) is 0.355. The molecular formula is C12H18N4O. The maximum atomic E-state index is 5.68. The zero-order chi connectivity index (χ0) is 12.3. The Balaban J connectivity index is 1.97. The quantitative estimate of drug-likeness (QED) is 0.797. The molecule has 0 atom stereocenters. The smallest absolute Gasteiger partial charge is 0.157 e. The Hall–Kier alpha value is -1.78. The second-order valence-corrected chi connectivity index (χ2v) is 4.21. The van der Waals surface area contributed by atoms with E-state index < -0.39 is 0 Å². The number of hydrogen-bond donors (Lipinski definition) is 0. The minimum absolute atomic E-state index is 0.355. The van der Waals surface area contributed by atoms with E-state index in [4.69, 9.17) is 4.74 Å². The summed E-state index contributed by atoms with van der Waals surface area (Å²) in [6.07, 6.45) is 7.30. The van der Waals surface area contributed by atoms with Crippen LogP contribution >= 0.6 is 0 Å². The lowest BCUT2D eigenvalue weighted by Crippen LogP contribution is -2.03. The lowest BCUT2D eigenvalue weighted by Gasteiger charge is -2.06. The zero-order valence-electron chi connectivity index (χ0n) is 10.5. The molecule has 0 radical (unpaired) electrons. The summed E-state index contributed by atoms with van der Waals surface area (Å²) >= 11 is 0. The fraction of sp³-hybridized carbons (Fsp3) is 0.500. The molecule has 0 aromatic carbocycles. The largest absolute Gasteiger partial charge is 0.484 e. The van der Waals surface area contributed by atoms with Crippen molar-refractivity contribution < 1.29 is 4.74 Å². The topological polar surface area (TPSA) is 44.9 Å². The molecule has 0 aliphatic heterocycles. The molecule has 92 valence electrons. The van der Waals surface area contributed by atoms with Gasteiger partial charge in [0, 0.05) is 12.6 Å². The fourth-order valence-corrected chi connectivity index (χ4v) is 1.59. The molecule has 0 saturated carbocycles. The Morgan fingerprint density at radius 1 is 1.35 bits per heavy atom. The van der Waals surface area contributed by atoms with Crippen LogP contribution in [0.15, 0.2) is 24.9 Å². The van der Waals surface area contributed by atoms with Crippen LogP contribution in [0.5, 0.6) is 5.75 Å². The number of nitrogens with zero attached hydrogens (tertiary/aromatic N) is 4. The molecule has 0 spiro atoms. The van der Waals surface area contributed by atoms with E-state index in [-0.39, 0.29) is 0 Å². The van der Waals surface area contributed by atoms with E-state index in [2.05, 4.69) is 35.4 Å². The van der Waals surface area contributed by atoms with Gasteiger partial charge in [0.2, 0.25) is 0 Å². The van der Waals surface area contributed by atoms with Gasteiger partial charge in [-0.2, -0.15) is 5.10 Å². The molecule has 2 aromatic heterocycles. The van der Waals surface area contributed by atoms with Crippen molar-refractivity contribution in [2.24, 2.45) is 0 Å². The van der Waals surface area contributed by atoms with Crippen molar-refractivity contribution in [2.45, 2.75) is 40.0 Å². The highest BCUT2D eigenvalue weighted by Gasteiger charge is 2.05. The number of imidazole rings is 1. The first-order chi connectivity index (χ1) is 8.20.